The molecule has 0 saturated carbocycles. The van der Waals surface area contributed by atoms with E-state index in [0.29, 0.717) is 24.6 Å². The third-order valence-electron chi connectivity index (χ3n) is 2.70. The molecule has 1 aromatic heterocycles. The van der Waals surface area contributed by atoms with Crippen molar-refractivity contribution >= 4 is 11.3 Å². The van der Waals surface area contributed by atoms with Crippen molar-refractivity contribution in [2.75, 3.05) is 13.2 Å². The number of hydrogen-bond donors (Lipinski definition) is 1. The molecule has 1 saturated heterocycles. The molecule has 2 rings (SSSR count). The van der Waals surface area contributed by atoms with Gasteiger partial charge < -0.3 is 9.84 Å². The second kappa shape index (κ2) is 4.91. The molecule has 7 heteroatoms. The lowest BCUT2D eigenvalue weighted by molar-refractivity contribution is -0.137. The normalized spacial score (nSPS) is 23.6. The molecule has 1 N–H and O–H groups in total. The monoisotopic (exact) mass is 267 g/mol. The molecule has 3 nitrogen and oxygen atoms in total. The fourth-order valence-corrected chi connectivity index (χ4v) is 2.66. The van der Waals surface area contributed by atoms with Gasteiger partial charge in [0.2, 0.25) is 0 Å². The van der Waals surface area contributed by atoms with Gasteiger partial charge in [-0.1, -0.05) is 0 Å². The summed E-state index contributed by atoms with van der Waals surface area (Å²) in [4.78, 5) is 3.55. The molecule has 96 valence electrons. The number of halogens is 3. The molecule has 1 fully saturated rings. The first kappa shape index (κ1) is 12.8. The van der Waals surface area contributed by atoms with E-state index in [0.717, 1.165) is 19.0 Å². The SMILES string of the molecule is OC(c1cnc(C(F)(F)F)s1)C1CCCOC1. The predicted octanol–water partition coefficient (Wildman–Crippen LogP) is 2.62. The lowest BCUT2D eigenvalue weighted by Gasteiger charge is -2.25. The number of ether oxygens (including phenoxy) is 1. The van der Waals surface area contributed by atoms with Crippen LogP contribution in [-0.4, -0.2) is 23.3 Å². The van der Waals surface area contributed by atoms with Crippen molar-refractivity contribution in [3.63, 3.8) is 0 Å². The highest BCUT2D eigenvalue weighted by Crippen LogP contribution is 2.37. The van der Waals surface area contributed by atoms with Crippen LogP contribution in [0.5, 0.6) is 0 Å². The van der Waals surface area contributed by atoms with Crippen LogP contribution >= 0.6 is 11.3 Å². The fourth-order valence-electron chi connectivity index (χ4n) is 1.80. The Morgan fingerprint density at radius 1 is 1.53 bits per heavy atom. The minimum Gasteiger partial charge on any atom is -0.387 e. The van der Waals surface area contributed by atoms with E-state index in [4.69, 9.17) is 4.74 Å². The molecule has 0 spiro atoms. The summed E-state index contributed by atoms with van der Waals surface area (Å²) in [5.74, 6) is -0.134. The Labute approximate surface area is 100 Å². The number of aromatic nitrogens is 1. The summed E-state index contributed by atoms with van der Waals surface area (Å²) in [7, 11) is 0. The number of alkyl halides is 3. The first-order chi connectivity index (χ1) is 7.98. The Balaban J connectivity index is 2.08. The van der Waals surface area contributed by atoms with Crippen molar-refractivity contribution in [1.82, 2.24) is 4.98 Å². The van der Waals surface area contributed by atoms with Crippen molar-refractivity contribution in [1.29, 1.82) is 0 Å². The van der Waals surface area contributed by atoms with Crippen LogP contribution in [-0.2, 0) is 10.9 Å². The highest BCUT2D eigenvalue weighted by atomic mass is 32.1. The van der Waals surface area contributed by atoms with E-state index in [2.05, 4.69) is 4.98 Å². The Morgan fingerprint density at radius 3 is 2.82 bits per heavy atom. The van der Waals surface area contributed by atoms with Crippen LogP contribution in [0, 0.1) is 5.92 Å². The molecule has 0 aromatic carbocycles. The number of hydrogen-bond acceptors (Lipinski definition) is 4. The lowest BCUT2D eigenvalue weighted by Crippen LogP contribution is -2.23. The molecule has 2 unspecified atom stereocenters. The summed E-state index contributed by atoms with van der Waals surface area (Å²) in [6, 6.07) is 0. The minimum absolute atomic E-state index is 0.134. The molecule has 1 aliphatic rings. The molecule has 0 bridgehead atoms. The maximum atomic E-state index is 12.3. The first-order valence-corrected chi connectivity index (χ1v) is 6.09. The fraction of sp³-hybridized carbons (Fsp3) is 0.700. The van der Waals surface area contributed by atoms with Crippen LogP contribution in [0.3, 0.4) is 0 Å². The largest absolute Gasteiger partial charge is 0.443 e. The van der Waals surface area contributed by atoms with E-state index in [1.807, 2.05) is 0 Å². The van der Waals surface area contributed by atoms with Gasteiger partial charge in [-0.3, -0.25) is 0 Å². The van der Waals surface area contributed by atoms with Gasteiger partial charge in [0.25, 0.3) is 0 Å². The highest BCUT2D eigenvalue weighted by Gasteiger charge is 2.36. The molecule has 0 amide bonds. The molecule has 2 heterocycles. The van der Waals surface area contributed by atoms with Gasteiger partial charge in [0, 0.05) is 18.7 Å². The Hall–Kier alpha value is -0.660. The number of nitrogens with zero attached hydrogens (tertiary/aromatic N) is 1. The van der Waals surface area contributed by atoms with E-state index in [1.54, 1.807) is 0 Å². The molecule has 2 atom stereocenters. The molecular formula is C10H12F3NO2S. The summed E-state index contributed by atoms with van der Waals surface area (Å²) in [5.41, 5.74) is 0. The number of aliphatic hydroxyl groups is 1. The Bertz CT molecular complexity index is 374. The van der Waals surface area contributed by atoms with Gasteiger partial charge in [-0.15, -0.1) is 11.3 Å². The van der Waals surface area contributed by atoms with Gasteiger partial charge >= 0.3 is 6.18 Å². The third kappa shape index (κ3) is 2.97. The zero-order valence-corrected chi connectivity index (χ0v) is 9.72. The van der Waals surface area contributed by atoms with Crippen LogP contribution in [0.25, 0.3) is 0 Å². The average Bonchev–Trinajstić information content (AvgIpc) is 2.78. The first-order valence-electron chi connectivity index (χ1n) is 5.27. The van der Waals surface area contributed by atoms with E-state index >= 15 is 0 Å². The topological polar surface area (TPSA) is 42.4 Å². The average molecular weight is 267 g/mol. The molecule has 17 heavy (non-hydrogen) atoms. The van der Waals surface area contributed by atoms with Gasteiger partial charge in [0.1, 0.15) is 0 Å². The Morgan fingerprint density at radius 2 is 2.29 bits per heavy atom. The van der Waals surface area contributed by atoms with Crippen molar-refractivity contribution in [3.05, 3.63) is 16.1 Å². The van der Waals surface area contributed by atoms with Gasteiger partial charge in [-0.05, 0) is 12.8 Å². The zero-order valence-electron chi connectivity index (χ0n) is 8.91. The number of rotatable bonds is 2. The van der Waals surface area contributed by atoms with Crippen LogP contribution in [0.1, 0.15) is 28.8 Å². The van der Waals surface area contributed by atoms with Gasteiger partial charge in [-0.25, -0.2) is 4.98 Å². The maximum Gasteiger partial charge on any atom is 0.443 e. The predicted molar refractivity (Wildman–Crippen MR) is 55.6 cm³/mol. The maximum absolute atomic E-state index is 12.3. The van der Waals surface area contributed by atoms with Crippen molar-refractivity contribution < 1.29 is 23.0 Å². The highest BCUT2D eigenvalue weighted by molar-refractivity contribution is 7.11. The summed E-state index contributed by atoms with van der Waals surface area (Å²) >= 11 is 0.500. The second-order valence-corrected chi connectivity index (χ2v) is 5.05. The molecule has 0 aliphatic carbocycles. The summed E-state index contributed by atoms with van der Waals surface area (Å²) < 4.78 is 42.2. The standard InChI is InChI=1S/C10H12F3NO2S/c11-10(12,13)9-14-4-7(17-9)8(15)6-2-1-3-16-5-6/h4,6,8,15H,1-3,5H2. The molecule has 1 aliphatic heterocycles. The van der Waals surface area contributed by atoms with E-state index in [9.17, 15) is 18.3 Å². The molecule has 1 aromatic rings. The van der Waals surface area contributed by atoms with Gasteiger partial charge in [0.15, 0.2) is 5.01 Å². The van der Waals surface area contributed by atoms with Crippen LogP contribution in [0.2, 0.25) is 0 Å². The van der Waals surface area contributed by atoms with Crippen LogP contribution in [0.4, 0.5) is 13.2 Å². The summed E-state index contributed by atoms with van der Waals surface area (Å²) in [6.45, 7) is 1.04. The van der Waals surface area contributed by atoms with Gasteiger partial charge in [-0.2, -0.15) is 13.2 Å². The Kier molecular flexibility index (Phi) is 3.70. The van der Waals surface area contributed by atoms with E-state index < -0.39 is 17.3 Å². The number of thiazole rings is 1. The van der Waals surface area contributed by atoms with Crippen LogP contribution in [0.15, 0.2) is 6.20 Å². The van der Waals surface area contributed by atoms with Crippen molar-refractivity contribution in [3.8, 4) is 0 Å². The molecular weight excluding hydrogens is 255 g/mol. The second-order valence-electron chi connectivity index (χ2n) is 3.99. The molecule has 0 radical (unpaired) electrons. The van der Waals surface area contributed by atoms with Crippen molar-refractivity contribution in [2.45, 2.75) is 25.1 Å². The van der Waals surface area contributed by atoms with Gasteiger partial charge in [0.05, 0.1) is 17.6 Å². The van der Waals surface area contributed by atoms with Crippen molar-refractivity contribution in [2.24, 2.45) is 5.92 Å². The summed E-state index contributed by atoms with van der Waals surface area (Å²) in [6.07, 6.45) is -2.66. The van der Waals surface area contributed by atoms with E-state index in [1.165, 1.54) is 0 Å². The summed E-state index contributed by atoms with van der Waals surface area (Å²) in [5, 5.41) is 9.03. The number of aliphatic hydroxyl groups excluding tert-OH is 1. The lowest BCUT2D eigenvalue weighted by atomic mass is 9.95. The minimum atomic E-state index is -4.44. The van der Waals surface area contributed by atoms with E-state index in [-0.39, 0.29) is 10.8 Å². The zero-order chi connectivity index (χ0) is 12.5. The quantitative estimate of drug-likeness (QED) is 0.895. The smallest absolute Gasteiger partial charge is 0.387 e. The third-order valence-corrected chi connectivity index (χ3v) is 3.81. The van der Waals surface area contributed by atoms with Crippen LogP contribution < -0.4 is 0 Å².